The van der Waals surface area contributed by atoms with Crippen molar-refractivity contribution >= 4 is 15.9 Å². The fourth-order valence-corrected chi connectivity index (χ4v) is 1.67. The summed E-state index contributed by atoms with van der Waals surface area (Å²) in [7, 11) is 0. The molecule has 0 saturated carbocycles. The number of hydrogen-bond donors (Lipinski definition) is 2. The molecule has 4 heteroatoms. The van der Waals surface area contributed by atoms with Crippen molar-refractivity contribution in [1.29, 1.82) is 0 Å². The Morgan fingerprint density at radius 2 is 2.54 bits per heavy atom. The molecule has 0 radical (unpaired) electrons. The molecule has 3 N–H and O–H groups in total. The zero-order valence-corrected chi connectivity index (χ0v) is 8.89. The number of furan rings is 1. The minimum absolute atomic E-state index is 0.0416. The maximum absolute atomic E-state index is 5.37. The molecule has 70 valence electrons. The first-order valence-electron chi connectivity index (χ1n) is 3.84. The van der Waals surface area contributed by atoms with E-state index in [0.29, 0.717) is 11.1 Å². The Morgan fingerprint density at radius 3 is 2.92 bits per heavy atom. The van der Waals surface area contributed by atoms with Gasteiger partial charge >= 0.3 is 0 Å². The summed E-state index contributed by atoms with van der Waals surface area (Å²) in [5.74, 6) is 8.74. The van der Waals surface area contributed by atoms with E-state index in [9.17, 15) is 0 Å². The Balaban J connectivity index is 2.91. The monoisotopic (exact) mass is 242 g/mol. The van der Waals surface area contributed by atoms with Crippen molar-refractivity contribution in [2.24, 2.45) is 5.84 Å². The van der Waals surface area contributed by atoms with Gasteiger partial charge in [0.2, 0.25) is 0 Å². The number of nitrogens with one attached hydrogen (secondary N) is 1. The summed E-state index contributed by atoms with van der Waals surface area (Å²) in [5, 5.41) is 0. The average Bonchev–Trinajstić information content (AvgIpc) is 2.41. The van der Waals surface area contributed by atoms with Crippen molar-refractivity contribution in [3.05, 3.63) is 22.1 Å². The van der Waals surface area contributed by atoms with E-state index in [1.54, 1.807) is 0 Å². The Hall–Kier alpha value is -0.760. The Morgan fingerprint density at radius 1 is 1.85 bits per heavy atom. The highest BCUT2D eigenvalue weighted by Crippen LogP contribution is 2.26. The summed E-state index contributed by atoms with van der Waals surface area (Å²) in [5.41, 5.74) is 3.64. The first-order valence-corrected chi connectivity index (χ1v) is 4.63. The molecule has 1 unspecified atom stereocenters. The number of aryl methyl sites for hydroxylation is 1. The van der Waals surface area contributed by atoms with Crippen molar-refractivity contribution in [2.45, 2.75) is 19.4 Å². The molecule has 3 nitrogen and oxygen atoms in total. The zero-order chi connectivity index (χ0) is 9.84. The van der Waals surface area contributed by atoms with E-state index in [1.807, 2.05) is 13.0 Å². The highest BCUT2D eigenvalue weighted by atomic mass is 79.9. The minimum Gasteiger partial charge on any atom is -0.454 e. The topological polar surface area (TPSA) is 51.2 Å². The predicted octanol–water partition coefficient (Wildman–Crippen LogP) is 1.88. The average molecular weight is 243 g/mol. The third kappa shape index (κ3) is 2.34. The van der Waals surface area contributed by atoms with Gasteiger partial charge in [0.15, 0.2) is 4.67 Å². The Kier molecular flexibility index (Phi) is 3.55. The molecular weight excluding hydrogens is 232 g/mol. The van der Waals surface area contributed by atoms with E-state index in [4.69, 9.17) is 16.7 Å². The number of rotatable bonds is 3. The normalized spacial score (nSPS) is 12.5. The highest BCUT2D eigenvalue weighted by molar-refractivity contribution is 9.10. The van der Waals surface area contributed by atoms with E-state index in [-0.39, 0.29) is 6.04 Å². The fraction of sp³-hybridized carbons (Fsp3) is 0.333. The molecule has 0 aromatic carbocycles. The SMILES string of the molecule is C#CCC(NN)c1cc(Br)oc1C. The van der Waals surface area contributed by atoms with Gasteiger partial charge in [-0.05, 0) is 28.9 Å². The van der Waals surface area contributed by atoms with E-state index >= 15 is 0 Å². The van der Waals surface area contributed by atoms with Crippen LogP contribution in [0.3, 0.4) is 0 Å². The van der Waals surface area contributed by atoms with Gasteiger partial charge in [-0.15, -0.1) is 12.3 Å². The summed E-state index contributed by atoms with van der Waals surface area (Å²) < 4.78 is 5.99. The molecule has 1 heterocycles. The van der Waals surface area contributed by atoms with E-state index in [2.05, 4.69) is 27.3 Å². The summed E-state index contributed by atoms with van der Waals surface area (Å²) in [6.45, 7) is 1.88. The molecule has 0 aliphatic heterocycles. The summed E-state index contributed by atoms with van der Waals surface area (Å²) in [6, 6.07) is 1.83. The highest BCUT2D eigenvalue weighted by Gasteiger charge is 2.14. The van der Waals surface area contributed by atoms with Gasteiger partial charge in [-0.1, -0.05) is 0 Å². The van der Waals surface area contributed by atoms with Crippen LogP contribution in [0.15, 0.2) is 15.2 Å². The van der Waals surface area contributed by atoms with Crippen molar-refractivity contribution in [1.82, 2.24) is 5.43 Å². The molecule has 0 amide bonds. The fourth-order valence-electron chi connectivity index (χ4n) is 1.18. The lowest BCUT2D eigenvalue weighted by Crippen LogP contribution is -2.27. The van der Waals surface area contributed by atoms with Crippen LogP contribution in [-0.2, 0) is 0 Å². The first-order chi connectivity index (χ1) is 6.19. The van der Waals surface area contributed by atoms with Crippen LogP contribution in [0.1, 0.15) is 23.8 Å². The van der Waals surface area contributed by atoms with Gasteiger partial charge in [-0.2, -0.15) is 0 Å². The summed E-state index contributed by atoms with van der Waals surface area (Å²) in [6.07, 6.45) is 5.76. The second-order valence-corrected chi connectivity index (χ2v) is 3.47. The van der Waals surface area contributed by atoms with Crippen molar-refractivity contribution in [3.63, 3.8) is 0 Å². The van der Waals surface area contributed by atoms with Crippen LogP contribution in [0, 0.1) is 19.3 Å². The van der Waals surface area contributed by atoms with Crippen LogP contribution in [0.5, 0.6) is 0 Å². The molecule has 0 aliphatic carbocycles. The van der Waals surface area contributed by atoms with Gasteiger partial charge in [0.1, 0.15) is 5.76 Å². The third-order valence-electron chi connectivity index (χ3n) is 1.82. The van der Waals surface area contributed by atoms with E-state index < -0.39 is 0 Å². The molecule has 0 saturated heterocycles. The number of terminal acetylenes is 1. The molecule has 1 atom stereocenters. The lowest BCUT2D eigenvalue weighted by Gasteiger charge is -2.10. The number of halogens is 1. The van der Waals surface area contributed by atoms with Crippen LogP contribution in [0.25, 0.3) is 0 Å². The molecule has 0 spiro atoms. The standard InChI is InChI=1S/C9H11BrN2O/c1-3-4-8(12-11)7-5-9(10)13-6(7)2/h1,5,8,12H,4,11H2,2H3. The largest absolute Gasteiger partial charge is 0.454 e. The molecule has 1 aromatic heterocycles. The summed E-state index contributed by atoms with van der Waals surface area (Å²) >= 11 is 3.24. The predicted molar refractivity (Wildman–Crippen MR) is 54.7 cm³/mol. The Bertz CT molecular complexity index is 327. The second-order valence-electron chi connectivity index (χ2n) is 2.69. The number of nitrogens with two attached hydrogens (primary N) is 1. The Labute approximate surface area is 85.8 Å². The van der Waals surface area contributed by atoms with Crippen LogP contribution in [0.4, 0.5) is 0 Å². The quantitative estimate of drug-likeness (QED) is 0.484. The molecule has 1 rings (SSSR count). The van der Waals surface area contributed by atoms with Crippen LogP contribution in [-0.4, -0.2) is 0 Å². The smallest absolute Gasteiger partial charge is 0.169 e. The van der Waals surface area contributed by atoms with Crippen molar-refractivity contribution < 1.29 is 4.42 Å². The van der Waals surface area contributed by atoms with Crippen LogP contribution >= 0.6 is 15.9 Å². The third-order valence-corrected chi connectivity index (χ3v) is 2.22. The van der Waals surface area contributed by atoms with Crippen LogP contribution in [0.2, 0.25) is 0 Å². The second kappa shape index (κ2) is 4.47. The molecule has 0 fully saturated rings. The maximum atomic E-state index is 5.37. The summed E-state index contributed by atoms with van der Waals surface area (Å²) in [4.78, 5) is 0. The van der Waals surface area contributed by atoms with Gasteiger partial charge in [0.25, 0.3) is 0 Å². The maximum Gasteiger partial charge on any atom is 0.169 e. The molecule has 13 heavy (non-hydrogen) atoms. The number of hydrogen-bond acceptors (Lipinski definition) is 3. The lowest BCUT2D eigenvalue weighted by atomic mass is 10.1. The first kappa shape index (κ1) is 10.3. The number of hydrazine groups is 1. The van der Waals surface area contributed by atoms with Gasteiger partial charge in [0, 0.05) is 12.0 Å². The lowest BCUT2D eigenvalue weighted by molar-refractivity contribution is 0.491. The van der Waals surface area contributed by atoms with Gasteiger partial charge < -0.3 is 4.42 Å². The molecule has 0 aliphatic rings. The molecular formula is C9H11BrN2O. The van der Waals surface area contributed by atoms with E-state index in [0.717, 1.165) is 11.3 Å². The van der Waals surface area contributed by atoms with Crippen molar-refractivity contribution in [2.75, 3.05) is 0 Å². The van der Waals surface area contributed by atoms with E-state index in [1.165, 1.54) is 0 Å². The van der Waals surface area contributed by atoms with Gasteiger partial charge in [-0.3, -0.25) is 11.3 Å². The van der Waals surface area contributed by atoms with Crippen molar-refractivity contribution in [3.8, 4) is 12.3 Å². The minimum atomic E-state index is -0.0416. The van der Waals surface area contributed by atoms with Gasteiger partial charge in [0.05, 0.1) is 6.04 Å². The molecule has 1 aromatic rings. The van der Waals surface area contributed by atoms with Crippen LogP contribution < -0.4 is 11.3 Å². The zero-order valence-electron chi connectivity index (χ0n) is 7.30. The van der Waals surface area contributed by atoms with Gasteiger partial charge in [-0.25, -0.2) is 0 Å². The molecule has 0 bridgehead atoms.